The van der Waals surface area contributed by atoms with Crippen LogP contribution in [0.4, 0.5) is 11.6 Å². The minimum absolute atomic E-state index is 0.266. The van der Waals surface area contributed by atoms with Gasteiger partial charge in [0, 0.05) is 31.7 Å². The Morgan fingerprint density at radius 3 is 2.67 bits per heavy atom. The van der Waals surface area contributed by atoms with Gasteiger partial charge >= 0.3 is 0 Å². The highest BCUT2D eigenvalue weighted by Gasteiger charge is 2.20. The lowest BCUT2D eigenvalue weighted by Gasteiger charge is -2.18. The van der Waals surface area contributed by atoms with E-state index in [9.17, 15) is 4.79 Å². The van der Waals surface area contributed by atoms with Crippen molar-refractivity contribution in [2.45, 2.75) is 13.0 Å². The molecular weight excluding hydrogens is 499 g/mol. The molecule has 2 aromatic carbocycles. The molecule has 0 fully saturated rings. The second kappa shape index (κ2) is 9.02. The molecule has 0 unspecified atom stereocenters. The zero-order valence-electron chi connectivity index (χ0n) is 19.2. The van der Waals surface area contributed by atoms with E-state index < -0.39 is 5.56 Å². The number of para-hydroxylation sites is 1. The quantitative estimate of drug-likeness (QED) is 0.366. The van der Waals surface area contributed by atoms with Crippen molar-refractivity contribution in [3.8, 4) is 17.1 Å². The van der Waals surface area contributed by atoms with Crippen molar-refractivity contribution < 1.29 is 0 Å². The predicted octanol–water partition coefficient (Wildman–Crippen LogP) is 4.27. The third-order valence-corrected chi connectivity index (χ3v) is 6.70. The zero-order valence-corrected chi connectivity index (χ0v) is 20.7. The van der Waals surface area contributed by atoms with Crippen LogP contribution in [-0.2, 0) is 20.0 Å². The first-order valence-corrected chi connectivity index (χ1v) is 12.1. The molecule has 3 aromatic heterocycles. The summed E-state index contributed by atoms with van der Waals surface area (Å²) in [5.41, 5.74) is 4.60. The van der Waals surface area contributed by atoms with E-state index in [1.54, 1.807) is 42.2 Å². The van der Waals surface area contributed by atoms with Crippen LogP contribution in [0.3, 0.4) is 0 Å². The van der Waals surface area contributed by atoms with Gasteiger partial charge in [-0.05, 0) is 54.4 Å². The summed E-state index contributed by atoms with van der Waals surface area (Å²) < 4.78 is 2.84. The number of hydrogen-bond acceptors (Lipinski definition) is 7. The third-order valence-electron chi connectivity index (χ3n) is 6.09. The van der Waals surface area contributed by atoms with Crippen LogP contribution < -0.4 is 16.2 Å². The summed E-state index contributed by atoms with van der Waals surface area (Å²) in [5, 5.41) is 16.6. The lowest BCUT2D eigenvalue weighted by molar-refractivity contribution is 0.644. The van der Waals surface area contributed by atoms with Crippen molar-refractivity contribution in [3.63, 3.8) is 0 Å². The Hall–Kier alpha value is -3.79. The van der Waals surface area contributed by atoms with Crippen molar-refractivity contribution in [2.24, 2.45) is 7.05 Å². The number of fused-ring (bicyclic) bond motifs is 2. The third kappa shape index (κ3) is 4.01. The molecule has 6 rings (SSSR count). The second-order valence-electron chi connectivity index (χ2n) is 8.50. The molecule has 0 saturated heterocycles. The first-order valence-electron chi connectivity index (χ1n) is 11.3. The van der Waals surface area contributed by atoms with Crippen LogP contribution in [0.1, 0.15) is 11.1 Å². The van der Waals surface area contributed by atoms with E-state index >= 15 is 0 Å². The summed E-state index contributed by atoms with van der Waals surface area (Å²) in [6.45, 7) is 1.80. The van der Waals surface area contributed by atoms with E-state index in [1.165, 1.54) is 22.0 Å². The molecule has 11 heteroatoms. The number of hydrogen-bond donors (Lipinski definition) is 2. The summed E-state index contributed by atoms with van der Waals surface area (Å²) in [6.07, 6.45) is 4.29. The minimum atomic E-state index is -0.439. The van der Waals surface area contributed by atoms with Gasteiger partial charge in [0.1, 0.15) is 22.6 Å². The molecular formula is C25H20Cl2N8O. The molecule has 0 aliphatic carbocycles. The number of aryl methyl sites for hydroxylation is 1. The van der Waals surface area contributed by atoms with Gasteiger partial charge in [-0.3, -0.25) is 9.48 Å². The number of benzene rings is 2. The number of nitrogens with zero attached hydrogens (tertiary/aromatic N) is 6. The monoisotopic (exact) mass is 518 g/mol. The van der Waals surface area contributed by atoms with Gasteiger partial charge < -0.3 is 10.6 Å². The maximum absolute atomic E-state index is 13.5. The molecule has 180 valence electrons. The molecule has 0 spiro atoms. The van der Waals surface area contributed by atoms with Crippen molar-refractivity contribution in [1.29, 1.82) is 0 Å². The molecule has 36 heavy (non-hydrogen) atoms. The molecule has 1 aliphatic heterocycles. The molecule has 0 saturated carbocycles. The lowest BCUT2D eigenvalue weighted by Crippen LogP contribution is -2.24. The van der Waals surface area contributed by atoms with E-state index in [4.69, 9.17) is 23.2 Å². The molecule has 0 atom stereocenters. The van der Waals surface area contributed by atoms with Gasteiger partial charge in [-0.1, -0.05) is 35.3 Å². The topological polar surface area (TPSA) is 103 Å². The van der Waals surface area contributed by atoms with Crippen LogP contribution in [0.15, 0.2) is 59.7 Å². The van der Waals surface area contributed by atoms with Gasteiger partial charge in [0.25, 0.3) is 5.56 Å². The van der Waals surface area contributed by atoms with Gasteiger partial charge in [0.15, 0.2) is 0 Å². The van der Waals surface area contributed by atoms with Crippen LogP contribution in [0.2, 0.25) is 10.0 Å². The van der Waals surface area contributed by atoms with E-state index in [0.29, 0.717) is 32.9 Å². The SMILES string of the molecule is Cn1ccc(-c2nn(-c3c(Cl)cccc3Cl)c(=O)c3cnc(Nc4ccc5c(c4)CNCC5)nc23)n1. The molecule has 0 amide bonds. The molecule has 0 radical (unpaired) electrons. The van der Waals surface area contributed by atoms with Gasteiger partial charge in [-0.15, -0.1) is 0 Å². The summed E-state index contributed by atoms with van der Waals surface area (Å²) >= 11 is 12.8. The van der Waals surface area contributed by atoms with Gasteiger partial charge in [0.05, 0.1) is 15.4 Å². The molecule has 4 heterocycles. The van der Waals surface area contributed by atoms with E-state index in [1.807, 2.05) is 6.07 Å². The fourth-order valence-electron chi connectivity index (χ4n) is 4.33. The Kier molecular flexibility index (Phi) is 5.67. The van der Waals surface area contributed by atoms with Crippen LogP contribution in [0, 0.1) is 0 Å². The molecule has 5 aromatic rings. The van der Waals surface area contributed by atoms with Crippen molar-refractivity contribution in [3.05, 3.63) is 86.4 Å². The normalized spacial score (nSPS) is 13.1. The van der Waals surface area contributed by atoms with Crippen LogP contribution in [0.25, 0.3) is 28.0 Å². The van der Waals surface area contributed by atoms with E-state index in [0.717, 1.165) is 25.2 Å². The lowest BCUT2D eigenvalue weighted by atomic mass is 10.0. The van der Waals surface area contributed by atoms with Crippen molar-refractivity contribution >= 4 is 45.7 Å². The smallest absolute Gasteiger partial charge is 0.282 e. The Morgan fingerprint density at radius 1 is 1.06 bits per heavy atom. The average molecular weight is 519 g/mol. The fraction of sp³-hybridized carbons (Fsp3) is 0.160. The fourth-order valence-corrected chi connectivity index (χ4v) is 4.89. The minimum Gasteiger partial charge on any atom is -0.324 e. The largest absolute Gasteiger partial charge is 0.324 e. The van der Waals surface area contributed by atoms with Crippen LogP contribution in [-0.4, -0.2) is 36.1 Å². The standard InChI is InChI=1S/C25H20Cl2N8O/c1-34-10-8-20(32-34)22-21-17(24(36)35(33-22)23-18(26)3-2-4-19(23)27)13-29-25(31-21)30-16-6-5-14-7-9-28-12-15(14)11-16/h2-6,8,10-11,13,28H,7,9,12H2,1H3,(H,29,30,31). The highest BCUT2D eigenvalue weighted by molar-refractivity contribution is 6.37. The first-order chi connectivity index (χ1) is 17.5. The number of halogens is 2. The first kappa shape index (κ1) is 22.7. The summed E-state index contributed by atoms with van der Waals surface area (Å²) in [4.78, 5) is 22.6. The van der Waals surface area contributed by atoms with Gasteiger partial charge in [-0.2, -0.15) is 14.9 Å². The maximum atomic E-state index is 13.5. The predicted molar refractivity (Wildman–Crippen MR) is 140 cm³/mol. The Morgan fingerprint density at radius 2 is 1.89 bits per heavy atom. The van der Waals surface area contributed by atoms with Crippen LogP contribution >= 0.6 is 23.2 Å². The summed E-state index contributed by atoms with van der Waals surface area (Å²) in [5.74, 6) is 0.345. The number of rotatable bonds is 4. The second-order valence-corrected chi connectivity index (χ2v) is 9.32. The highest BCUT2D eigenvalue weighted by atomic mass is 35.5. The Balaban J connectivity index is 1.52. The van der Waals surface area contributed by atoms with E-state index in [2.05, 4.69) is 42.9 Å². The highest BCUT2D eigenvalue weighted by Crippen LogP contribution is 2.30. The number of aromatic nitrogens is 6. The van der Waals surface area contributed by atoms with Gasteiger partial charge in [-0.25, -0.2) is 9.97 Å². The molecule has 9 nitrogen and oxygen atoms in total. The number of anilines is 2. The van der Waals surface area contributed by atoms with Crippen LogP contribution in [0.5, 0.6) is 0 Å². The molecule has 1 aliphatic rings. The van der Waals surface area contributed by atoms with Crippen molar-refractivity contribution in [2.75, 3.05) is 11.9 Å². The zero-order chi connectivity index (χ0) is 24.8. The number of nitrogens with one attached hydrogen (secondary N) is 2. The average Bonchev–Trinajstić information content (AvgIpc) is 3.31. The summed E-state index contributed by atoms with van der Waals surface area (Å²) in [7, 11) is 1.81. The maximum Gasteiger partial charge on any atom is 0.282 e. The molecule has 0 bridgehead atoms. The molecule has 2 N–H and O–H groups in total. The van der Waals surface area contributed by atoms with E-state index in [-0.39, 0.29) is 11.1 Å². The summed E-state index contributed by atoms with van der Waals surface area (Å²) in [6, 6.07) is 13.0. The Bertz CT molecular complexity index is 1670. The Labute approximate surface area is 215 Å². The van der Waals surface area contributed by atoms with Crippen molar-refractivity contribution in [1.82, 2.24) is 34.8 Å². The van der Waals surface area contributed by atoms with Gasteiger partial charge in [0.2, 0.25) is 5.95 Å².